The number of hydrogen-bond acceptors (Lipinski definition) is 3. The average Bonchev–Trinajstić information content (AvgIpc) is 2.36. The molecule has 2 rings (SSSR count). The van der Waals surface area contributed by atoms with Crippen LogP contribution < -0.4 is 0 Å². The molecule has 1 unspecified atom stereocenters. The highest BCUT2D eigenvalue weighted by molar-refractivity contribution is 8.13. The van der Waals surface area contributed by atoms with Crippen LogP contribution in [0.5, 0.6) is 0 Å². The van der Waals surface area contributed by atoms with Crippen molar-refractivity contribution < 1.29 is 17.6 Å². The number of likely N-dealkylation sites (tertiary alicyclic amines) is 1. The summed E-state index contributed by atoms with van der Waals surface area (Å²) in [7, 11) is 1.14. The maximum Gasteiger partial charge on any atom is 0.261 e. The third-order valence-corrected chi connectivity index (χ3v) is 4.68. The van der Waals surface area contributed by atoms with Crippen molar-refractivity contribution in [1.82, 2.24) is 4.90 Å². The van der Waals surface area contributed by atoms with Crippen LogP contribution in [0.1, 0.15) is 30.1 Å². The Balaban J connectivity index is 2.32. The van der Waals surface area contributed by atoms with Gasteiger partial charge in [-0.1, -0.05) is 6.92 Å². The molecule has 0 aliphatic carbocycles. The predicted octanol–water partition coefficient (Wildman–Crippen LogP) is 2.63. The first-order valence-electron chi connectivity index (χ1n) is 6.32. The van der Waals surface area contributed by atoms with Gasteiger partial charge < -0.3 is 4.90 Å². The molecule has 1 aliphatic heterocycles. The summed E-state index contributed by atoms with van der Waals surface area (Å²) in [5, 5.41) is 0. The third-order valence-electron chi connectivity index (χ3n) is 3.34. The predicted molar refractivity (Wildman–Crippen MR) is 73.7 cm³/mol. The summed E-state index contributed by atoms with van der Waals surface area (Å²) in [4.78, 5) is 13.5. The van der Waals surface area contributed by atoms with Crippen molar-refractivity contribution in [3.8, 4) is 0 Å². The number of amides is 1. The number of halogens is 2. The summed E-state index contributed by atoms with van der Waals surface area (Å²) in [6.07, 6.45) is 1.94. The second-order valence-corrected chi connectivity index (χ2v) is 7.68. The van der Waals surface area contributed by atoms with Crippen molar-refractivity contribution >= 4 is 25.6 Å². The second-order valence-electron chi connectivity index (χ2n) is 5.11. The highest BCUT2D eigenvalue weighted by atomic mass is 35.7. The molecule has 0 N–H and O–H groups in total. The second kappa shape index (κ2) is 5.69. The van der Waals surface area contributed by atoms with Gasteiger partial charge in [-0.15, -0.1) is 0 Å². The Kier molecular flexibility index (Phi) is 4.34. The molecule has 0 aromatic heterocycles. The van der Waals surface area contributed by atoms with E-state index >= 15 is 0 Å². The highest BCUT2D eigenvalue weighted by Gasteiger charge is 2.24. The Bertz CT molecular complexity index is 633. The van der Waals surface area contributed by atoms with Crippen molar-refractivity contribution in [2.45, 2.75) is 24.7 Å². The van der Waals surface area contributed by atoms with Crippen molar-refractivity contribution in [3.63, 3.8) is 0 Å². The van der Waals surface area contributed by atoms with Crippen LogP contribution in [0.25, 0.3) is 0 Å². The highest BCUT2D eigenvalue weighted by Crippen LogP contribution is 2.22. The summed E-state index contributed by atoms with van der Waals surface area (Å²) in [5.74, 6) is -0.768. The molecule has 1 heterocycles. The summed E-state index contributed by atoms with van der Waals surface area (Å²) < 4.78 is 36.0. The Morgan fingerprint density at radius 1 is 1.40 bits per heavy atom. The van der Waals surface area contributed by atoms with Gasteiger partial charge in [0.2, 0.25) is 0 Å². The molecule has 4 nitrogen and oxygen atoms in total. The molecular weight excluding hydrogens is 305 g/mol. The Hall–Kier alpha value is -1.14. The van der Waals surface area contributed by atoms with Gasteiger partial charge in [0.15, 0.2) is 0 Å². The third kappa shape index (κ3) is 3.49. The van der Waals surface area contributed by atoms with Crippen LogP contribution in [0.2, 0.25) is 0 Å². The van der Waals surface area contributed by atoms with E-state index in [0.717, 1.165) is 31.0 Å². The average molecular weight is 320 g/mol. The van der Waals surface area contributed by atoms with E-state index in [2.05, 4.69) is 0 Å². The quantitative estimate of drug-likeness (QED) is 0.787. The molecule has 20 heavy (non-hydrogen) atoms. The standard InChI is InChI=1S/C13H15ClFNO3S/c1-9-3-2-4-16(8-9)13(17)10-5-11(15)7-12(6-10)20(14,18)19/h5-7,9H,2-4,8H2,1H3. The van der Waals surface area contributed by atoms with E-state index in [4.69, 9.17) is 10.7 Å². The largest absolute Gasteiger partial charge is 0.338 e. The minimum atomic E-state index is -4.06. The zero-order valence-corrected chi connectivity index (χ0v) is 12.5. The first-order valence-corrected chi connectivity index (χ1v) is 8.63. The normalized spacial score (nSPS) is 19.9. The minimum absolute atomic E-state index is 0.0123. The lowest BCUT2D eigenvalue weighted by atomic mass is 9.99. The fourth-order valence-electron chi connectivity index (χ4n) is 2.38. The van der Waals surface area contributed by atoms with Gasteiger partial charge in [-0.3, -0.25) is 4.79 Å². The van der Waals surface area contributed by atoms with E-state index in [-0.39, 0.29) is 11.5 Å². The molecule has 110 valence electrons. The lowest BCUT2D eigenvalue weighted by molar-refractivity contribution is 0.0682. The number of nitrogens with zero attached hydrogens (tertiary/aromatic N) is 1. The van der Waals surface area contributed by atoms with Gasteiger partial charge in [-0.25, -0.2) is 12.8 Å². The van der Waals surface area contributed by atoms with Crippen LogP contribution >= 0.6 is 10.7 Å². The van der Waals surface area contributed by atoms with Crippen molar-refractivity contribution in [1.29, 1.82) is 0 Å². The molecule has 0 radical (unpaired) electrons. The summed E-state index contributed by atoms with van der Waals surface area (Å²) in [6, 6.07) is 2.96. The number of piperidine rings is 1. The monoisotopic (exact) mass is 319 g/mol. The number of benzene rings is 1. The molecule has 7 heteroatoms. The Morgan fingerprint density at radius 3 is 2.70 bits per heavy atom. The maximum atomic E-state index is 13.5. The fraction of sp³-hybridized carbons (Fsp3) is 0.462. The molecule has 1 atom stereocenters. The van der Waals surface area contributed by atoms with Crippen molar-refractivity contribution in [3.05, 3.63) is 29.6 Å². The molecular formula is C13H15ClFNO3S. The number of rotatable bonds is 2. The zero-order chi connectivity index (χ0) is 14.9. The molecule has 0 spiro atoms. The van der Waals surface area contributed by atoms with Crippen LogP contribution in [-0.2, 0) is 9.05 Å². The van der Waals surface area contributed by atoms with Crippen LogP contribution in [0.3, 0.4) is 0 Å². The van der Waals surface area contributed by atoms with Crippen LogP contribution in [0.15, 0.2) is 23.1 Å². The van der Waals surface area contributed by atoms with E-state index in [1.165, 1.54) is 0 Å². The van der Waals surface area contributed by atoms with Gasteiger partial charge in [-0.05, 0) is 37.0 Å². The smallest absolute Gasteiger partial charge is 0.261 e. The van der Waals surface area contributed by atoms with Crippen LogP contribution in [-0.4, -0.2) is 32.3 Å². The van der Waals surface area contributed by atoms with E-state index in [1.54, 1.807) is 4.90 Å². The topological polar surface area (TPSA) is 54.5 Å². The van der Waals surface area contributed by atoms with Crippen LogP contribution in [0, 0.1) is 11.7 Å². The summed E-state index contributed by atoms with van der Waals surface area (Å²) >= 11 is 0. The van der Waals surface area contributed by atoms with E-state index in [0.29, 0.717) is 19.0 Å². The number of carbonyl (C=O) groups excluding carboxylic acids is 1. The van der Waals surface area contributed by atoms with E-state index in [1.807, 2.05) is 6.92 Å². The lowest BCUT2D eigenvalue weighted by Gasteiger charge is -2.31. The molecule has 1 fully saturated rings. The fourth-order valence-corrected chi connectivity index (χ4v) is 3.17. The number of carbonyl (C=O) groups is 1. The summed E-state index contributed by atoms with van der Waals surface area (Å²) in [6.45, 7) is 3.24. The van der Waals surface area contributed by atoms with Gasteiger partial charge >= 0.3 is 0 Å². The SMILES string of the molecule is CC1CCCN(C(=O)c2cc(F)cc(S(=O)(=O)Cl)c2)C1. The van der Waals surface area contributed by atoms with Gasteiger partial charge in [0, 0.05) is 29.3 Å². The minimum Gasteiger partial charge on any atom is -0.338 e. The first-order chi connectivity index (χ1) is 9.27. The molecule has 0 bridgehead atoms. The molecule has 1 saturated heterocycles. The first kappa shape index (κ1) is 15.3. The van der Waals surface area contributed by atoms with Gasteiger partial charge in [0.1, 0.15) is 5.82 Å². The summed E-state index contributed by atoms with van der Waals surface area (Å²) in [5.41, 5.74) is 0.0123. The molecule has 1 aromatic carbocycles. The zero-order valence-electron chi connectivity index (χ0n) is 11.0. The number of hydrogen-bond donors (Lipinski definition) is 0. The van der Waals surface area contributed by atoms with Crippen LogP contribution in [0.4, 0.5) is 4.39 Å². The van der Waals surface area contributed by atoms with Gasteiger partial charge in [-0.2, -0.15) is 0 Å². The van der Waals surface area contributed by atoms with E-state index < -0.39 is 19.8 Å². The Morgan fingerprint density at radius 2 is 2.10 bits per heavy atom. The molecule has 1 aliphatic rings. The van der Waals surface area contributed by atoms with Crippen molar-refractivity contribution in [2.75, 3.05) is 13.1 Å². The molecule has 1 aromatic rings. The van der Waals surface area contributed by atoms with E-state index in [9.17, 15) is 17.6 Å². The molecule has 0 saturated carbocycles. The maximum absolute atomic E-state index is 13.5. The molecule has 1 amide bonds. The lowest BCUT2D eigenvalue weighted by Crippen LogP contribution is -2.39. The Labute approximate surface area is 121 Å². The van der Waals surface area contributed by atoms with Gasteiger partial charge in [0.25, 0.3) is 15.0 Å². The van der Waals surface area contributed by atoms with Crippen molar-refractivity contribution in [2.24, 2.45) is 5.92 Å². The van der Waals surface area contributed by atoms with Gasteiger partial charge in [0.05, 0.1) is 4.90 Å².